The van der Waals surface area contributed by atoms with Crippen LogP contribution in [0.1, 0.15) is 34.8 Å². The Morgan fingerprint density at radius 1 is 1.29 bits per heavy atom. The molecule has 0 fully saturated rings. The summed E-state index contributed by atoms with van der Waals surface area (Å²) >= 11 is 0. The molecule has 2 amide bonds. The molecule has 0 aliphatic heterocycles. The lowest BCUT2D eigenvalue weighted by molar-refractivity contribution is -0.120. The molecule has 0 aromatic heterocycles. The van der Waals surface area contributed by atoms with E-state index in [1.54, 1.807) is 18.2 Å². The van der Waals surface area contributed by atoms with E-state index in [4.69, 9.17) is 5.11 Å². The molecule has 1 rings (SSSR count). The number of amides is 2. The fraction of sp³-hybridized carbons (Fsp3) is 0.375. The highest BCUT2D eigenvalue weighted by Gasteiger charge is 2.09. The molecule has 0 bridgehead atoms. The predicted molar refractivity (Wildman–Crippen MR) is 80.8 cm³/mol. The quantitative estimate of drug-likeness (QED) is 0.694. The summed E-state index contributed by atoms with van der Waals surface area (Å²) in [5.74, 6) is 4.81. The van der Waals surface area contributed by atoms with Gasteiger partial charge in [-0.25, -0.2) is 0 Å². The molecule has 1 aromatic carbocycles. The van der Waals surface area contributed by atoms with Crippen LogP contribution in [0.25, 0.3) is 0 Å². The predicted octanol–water partition coefficient (Wildman–Crippen LogP) is 0.595. The highest BCUT2D eigenvalue weighted by atomic mass is 16.2. The minimum absolute atomic E-state index is 0.0512. The van der Waals surface area contributed by atoms with Crippen LogP contribution < -0.4 is 10.6 Å². The Hall–Kier alpha value is -2.32. The first kappa shape index (κ1) is 16.7. The van der Waals surface area contributed by atoms with Crippen LogP contribution >= 0.6 is 0 Å². The Morgan fingerprint density at radius 2 is 2.05 bits per heavy atom. The fourth-order valence-corrected chi connectivity index (χ4v) is 1.62. The van der Waals surface area contributed by atoms with Crippen molar-refractivity contribution in [1.29, 1.82) is 0 Å². The molecule has 112 valence electrons. The molecule has 0 radical (unpaired) electrons. The molecule has 5 nitrogen and oxygen atoms in total. The van der Waals surface area contributed by atoms with Crippen molar-refractivity contribution in [1.82, 2.24) is 10.6 Å². The zero-order valence-electron chi connectivity index (χ0n) is 12.3. The highest BCUT2D eigenvalue weighted by Crippen LogP contribution is 2.10. The van der Waals surface area contributed by atoms with Gasteiger partial charge in [0.05, 0.1) is 6.54 Å². The summed E-state index contributed by atoms with van der Waals surface area (Å²) in [5.41, 5.74) is 2.05. The molecule has 0 saturated heterocycles. The van der Waals surface area contributed by atoms with E-state index in [-0.39, 0.29) is 25.0 Å². The Kier molecular flexibility index (Phi) is 6.99. The van der Waals surface area contributed by atoms with Gasteiger partial charge in [-0.3, -0.25) is 9.59 Å². The zero-order chi connectivity index (χ0) is 15.7. The van der Waals surface area contributed by atoms with Crippen molar-refractivity contribution >= 4 is 11.8 Å². The maximum Gasteiger partial charge on any atom is 0.251 e. The molecular formula is C16H20N2O3. The molecule has 21 heavy (non-hydrogen) atoms. The number of nitrogens with one attached hydrogen (secondary N) is 2. The highest BCUT2D eigenvalue weighted by molar-refractivity contribution is 5.96. The normalized spacial score (nSPS) is 9.48. The third-order valence-electron chi connectivity index (χ3n) is 2.78. The Bertz CT molecular complexity index is 571. The second-order valence-corrected chi connectivity index (χ2v) is 4.52. The molecule has 0 atom stereocenters. The van der Waals surface area contributed by atoms with Crippen molar-refractivity contribution in [2.75, 3.05) is 19.7 Å². The van der Waals surface area contributed by atoms with Crippen molar-refractivity contribution in [3.63, 3.8) is 0 Å². The van der Waals surface area contributed by atoms with Gasteiger partial charge in [-0.1, -0.05) is 24.8 Å². The lowest BCUT2D eigenvalue weighted by Gasteiger charge is -2.07. The van der Waals surface area contributed by atoms with Gasteiger partial charge in [-0.05, 0) is 31.0 Å². The van der Waals surface area contributed by atoms with Gasteiger partial charge in [0.2, 0.25) is 5.91 Å². The van der Waals surface area contributed by atoms with Crippen molar-refractivity contribution in [2.45, 2.75) is 20.3 Å². The van der Waals surface area contributed by atoms with Gasteiger partial charge < -0.3 is 15.7 Å². The lowest BCUT2D eigenvalue weighted by atomic mass is 10.0. The number of aliphatic hydroxyl groups excluding tert-OH is 1. The maximum absolute atomic E-state index is 12.0. The Morgan fingerprint density at radius 3 is 2.71 bits per heavy atom. The van der Waals surface area contributed by atoms with Gasteiger partial charge in [-0.15, -0.1) is 0 Å². The maximum atomic E-state index is 12.0. The SMILES string of the molecule is CCCNC(=O)CNC(=O)c1ccc(C)c(C#CCO)c1. The van der Waals surface area contributed by atoms with E-state index < -0.39 is 0 Å². The van der Waals surface area contributed by atoms with E-state index in [1.807, 2.05) is 13.8 Å². The molecule has 0 saturated carbocycles. The molecule has 0 unspecified atom stereocenters. The van der Waals surface area contributed by atoms with Crippen LogP contribution in [0.5, 0.6) is 0 Å². The number of rotatable bonds is 5. The van der Waals surface area contributed by atoms with Gasteiger partial charge in [-0.2, -0.15) is 0 Å². The second-order valence-electron chi connectivity index (χ2n) is 4.52. The number of benzene rings is 1. The topological polar surface area (TPSA) is 78.4 Å². The zero-order valence-corrected chi connectivity index (χ0v) is 12.3. The first-order valence-corrected chi connectivity index (χ1v) is 6.83. The molecule has 3 N–H and O–H groups in total. The summed E-state index contributed by atoms with van der Waals surface area (Å²) in [4.78, 5) is 23.4. The number of carbonyl (C=O) groups excluding carboxylic acids is 2. The molecule has 0 aliphatic rings. The summed E-state index contributed by atoms with van der Waals surface area (Å²) < 4.78 is 0. The summed E-state index contributed by atoms with van der Waals surface area (Å²) in [6.07, 6.45) is 0.852. The fourth-order valence-electron chi connectivity index (χ4n) is 1.62. The monoisotopic (exact) mass is 288 g/mol. The number of aliphatic hydroxyl groups is 1. The van der Waals surface area contributed by atoms with Gasteiger partial charge in [0.15, 0.2) is 0 Å². The van der Waals surface area contributed by atoms with E-state index in [0.717, 1.165) is 12.0 Å². The van der Waals surface area contributed by atoms with Gasteiger partial charge in [0, 0.05) is 17.7 Å². The molecule has 0 aliphatic carbocycles. The minimum Gasteiger partial charge on any atom is -0.384 e. The van der Waals surface area contributed by atoms with Crippen LogP contribution in [0, 0.1) is 18.8 Å². The van der Waals surface area contributed by atoms with Crippen molar-refractivity contribution in [2.24, 2.45) is 0 Å². The van der Waals surface area contributed by atoms with Crippen LogP contribution in [0.15, 0.2) is 18.2 Å². The van der Waals surface area contributed by atoms with Gasteiger partial charge >= 0.3 is 0 Å². The first-order chi connectivity index (χ1) is 10.1. The van der Waals surface area contributed by atoms with Crippen LogP contribution in [0.3, 0.4) is 0 Å². The first-order valence-electron chi connectivity index (χ1n) is 6.83. The van der Waals surface area contributed by atoms with E-state index in [0.29, 0.717) is 17.7 Å². The van der Waals surface area contributed by atoms with Crippen molar-refractivity contribution in [3.8, 4) is 11.8 Å². The summed E-state index contributed by atoms with van der Waals surface area (Å²) in [7, 11) is 0. The van der Waals surface area contributed by atoms with E-state index in [9.17, 15) is 9.59 Å². The molecule has 5 heteroatoms. The van der Waals surface area contributed by atoms with Crippen LogP contribution in [0.4, 0.5) is 0 Å². The standard InChI is InChI=1S/C16H20N2O3/c1-3-8-17-15(20)11-18-16(21)14-7-6-12(2)13(10-14)5-4-9-19/h6-7,10,19H,3,8-9,11H2,1-2H3,(H,17,20)(H,18,21). The summed E-state index contributed by atoms with van der Waals surface area (Å²) in [6, 6.07) is 5.11. The van der Waals surface area contributed by atoms with E-state index >= 15 is 0 Å². The lowest BCUT2D eigenvalue weighted by Crippen LogP contribution is -2.37. The number of carbonyl (C=O) groups is 2. The van der Waals surface area contributed by atoms with Crippen LogP contribution in [0.2, 0.25) is 0 Å². The van der Waals surface area contributed by atoms with E-state index in [2.05, 4.69) is 22.5 Å². The third kappa shape index (κ3) is 5.67. The Labute approximate surface area is 124 Å². The number of hydrogen-bond donors (Lipinski definition) is 3. The summed E-state index contributed by atoms with van der Waals surface area (Å²) in [5, 5.41) is 14.0. The molecular weight excluding hydrogens is 268 g/mol. The third-order valence-corrected chi connectivity index (χ3v) is 2.78. The largest absolute Gasteiger partial charge is 0.384 e. The molecule has 0 heterocycles. The van der Waals surface area contributed by atoms with Crippen LogP contribution in [-0.2, 0) is 4.79 Å². The minimum atomic E-state index is -0.325. The van der Waals surface area contributed by atoms with Gasteiger partial charge in [0.1, 0.15) is 6.61 Å². The van der Waals surface area contributed by atoms with Crippen LogP contribution in [-0.4, -0.2) is 36.6 Å². The average Bonchev–Trinajstić information content (AvgIpc) is 2.49. The smallest absolute Gasteiger partial charge is 0.251 e. The molecule has 0 spiro atoms. The number of aryl methyl sites for hydroxylation is 1. The molecule has 1 aromatic rings. The van der Waals surface area contributed by atoms with E-state index in [1.165, 1.54) is 0 Å². The van der Waals surface area contributed by atoms with Crippen molar-refractivity contribution in [3.05, 3.63) is 34.9 Å². The number of hydrogen-bond acceptors (Lipinski definition) is 3. The van der Waals surface area contributed by atoms with Crippen molar-refractivity contribution < 1.29 is 14.7 Å². The van der Waals surface area contributed by atoms with Gasteiger partial charge in [0.25, 0.3) is 5.91 Å². The summed E-state index contributed by atoms with van der Waals surface area (Å²) in [6.45, 7) is 4.15. The Balaban J connectivity index is 2.68. The average molecular weight is 288 g/mol. The second kappa shape index (κ2) is 8.77.